The first kappa shape index (κ1) is 19.9. The highest BCUT2D eigenvalue weighted by atomic mass is 16.2. The Balaban J connectivity index is 1.16. The fraction of sp³-hybridized carbons (Fsp3) is 0.308. The molecule has 2 aromatic rings. The molecule has 2 bridgehead atoms. The van der Waals surface area contributed by atoms with Crippen molar-refractivity contribution in [1.82, 2.24) is 10.2 Å². The van der Waals surface area contributed by atoms with Crippen LogP contribution in [0.4, 0.5) is 10.5 Å². The predicted octanol–water partition coefficient (Wildman–Crippen LogP) is 3.56. The lowest BCUT2D eigenvalue weighted by Gasteiger charge is -2.38. The monoisotopic (exact) mass is 441 g/mol. The topological polar surface area (TPSA) is 95.6 Å². The van der Waals surface area contributed by atoms with Crippen molar-refractivity contribution < 1.29 is 19.2 Å². The standard InChI is InChI=1S/C26H23N3O4/c1-13(29-24(31)21-14-6-7-15(9-8-14)22(21)25(29)32)27-26(33)28-16-10-11-18-17-4-2-3-5-19(17)23(30)20(18)12-16/h2-7,10-15,21-22H,8-9H2,1H3,(H2,27,28,33)/t13-,14+,15+,21-,22+/m1/s1. The van der Waals surface area contributed by atoms with Crippen molar-refractivity contribution in [2.45, 2.75) is 25.9 Å². The minimum Gasteiger partial charge on any atom is -0.317 e. The van der Waals surface area contributed by atoms with E-state index in [4.69, 9.17) is 0 Å². The largest absolute Gasteiger partial charge is 0.320 e. The Kier molecular flexibility index (Phi) is 4.30. The van der Waals surface area contributed by atoms with Gasteiger partial charge in [0.15, 0.2) is 5.78 Å². The van der Waals surface area contributed by atoms with E-state index in [2.05, 4.69) is 22.8 Å². The Morgan fingerprint density at radius 3 is 2.12 bits per heavy atom. The average Bonchev–Trinajstić information content (AvgIpc) is 3.27. The number of nitrogens with zero attached hydrogens (tertiary/aromatic N) is 1. The highest BCUT2D eigenvalue weighted by Gasteiger charge is 2.57. The van der Waals surface area contributed by atoms with Gasteiger partial charge in [0.05, 0.1) is 11.8 Å². The van der Waals surface area contributed by atoms with Gasteiger partial charge in [-0.3, -0.25) is 19.3 Å². The Morgan fingerprint density at radius 2 is 1.48 bits per heavy atom. The van der Waals surface area contributed by atoms with Gasteiger partial charge >= 0.3 is 6.03 Å². The molecule has 0 aromatic heterocycles. The van der Waals surface area contributed by atoms with E-state index in [-0.39, 0.29) is 41.3 Å². The van der Waals surface area contributed by atoms with Crippen molar-refractivity contribution in [3.63, 3.8) is 0 Å². The van der Waals surface area contributed by atoms with Crippen LogP contribution in [0.1, 0.15) is 35.7 Å². The molecule has 7 heteroatoms. The van der Waals surface area contributed by atoms with E-state index >= 15 is 0 Å². The number of likely N-dealkylation sites (tertiary alicyclic amines) is 1. The lowest BCUT2D eigenvalue weighted by Crippen LogP contribution is -2.50. The van der Waals surface area contributed by atoms with Crippen LogP contribution in [0.3, 0.4) is 0 Å². The summed E-state index contributed by atoms with van der Waals surface area (Å²) in [6.07, 6.45) is 5.23. The molecule has 4 amide bonds. The lowest BCUT2D eigenvalue weighted by molar-refractivity contribution is -0.142. The van der Waals surface area contributed by atoms with Gasteiger partial charge in [0.2, 0.25) is 11.8 Å². The summed E-state index contributed by atoms with van der Waals surface area (Å²) in [5.74, 6) is -0.866. The molecule has 4 aliphatic carbocycles. The summed E-state index contributed by atoms with van der Waals surface area (Å²) in [6, 6.07) is 12.1. The number of rotatable bonds is 3. The molecule has 1 saturated heterocycles. The number of anilines is 1. The minimum atomic E-state index is -0.768. The fourth-order valence-electron chi connectivity index (χ4n) is 6.01. The molecule has 7 nitrogen and oxygen atoms in total. The second-order valence-corrected chi connectivity index (χ2v) is 9.30. The maximum Gasteiger partial charge on any atom is 0.320 e. The van der Waals surface area contributed by atoms with E-state index in [0.717, 1.165) is 24.0 Å². The summed E-state index contributed by atoms with van der Waals surface area (Å²) >= 11 is 0. The van der Waals surface area contributed by atoms with Gasteiger partial charge in [0.25, 0.3) is 0 Å². The normalized spacial score (nSPS) is 27.3. The average molecular weight is 441 g/mol. The van der Waals surface area contributed by atoms with Gasteiger partial charge in [0.1, 0.15) is 6.17 Å². The van der Waals surface area contributed by atoms with Gasteiger partial charge in [-0.1, -0.05) is 42.5 Å². The second-order valence-electron chi connectivity index (χ2n) is 9.30. The van der Waals surface area contributed by atoms with Gasteiger partial charge in [-0.2, -0.15) is 0 Å². The third kappa shape index (κ3) is 2.88. The third-order valence-corrected chi connectivity index (χ3v) is 7.50. The molecule has 2 aromatic carbocycles. The van der Waals surface area contributed by atoms with Crippen LogP contribution in [0.2, 0.25) is 0 Å². The summed E-state index contributed by atoms with van der Waals surface area (Å²) in [6.45, 7) is 1.64. The van der Waals surface area contributed by atoms with Crippen LogP contribution in [-0.2, 0) is 9.59 Å². The third-order valence-electron chi connectivity index (χ3n) is 7.50. The number of carbonyl (C=O) groups excluding carboxylic acids is 4. The summed E-state index contributed by atoms with van der Waals surface area (Å²) in [5, 5.41) is 5.45. The van der Waals surface area contributed by atoms with Crippen LogP contribution < -0.4 is 10.6 Å². The Bertz CT molecular complexity index is 1230. The van der Waals surface area contributed by atoms with Crippen molar-refractivity contribution in [3.05, 3.63) is 65.7 Å². The molecule has 1 heterocycles. The maximum absolute atomic E-state index is 13.1. The molecule has 166 valence electrons. The smallest absolute Gasteiger partial charge is 0.317 e. The number of carbonyl (C=O) groups is 4. The van der Waals surface area contributed by atoms with Crippen LogP contribution in [0.25, 0.3) is 11.1 Å². The summed E-state index contributed by atoms with van der Waals surface area (Å²) < 4.78 is 0. The summed E-state index contributed by atoms with van der Waals surface area (Å²) in [5.41, 5.74) is 3.39. The van der Waals surface area contributed by atoms with Crippen molar-refractivity contribution in [2.24, 2.45) is 23.7 Å². The van der Waals surface area contributed by atoms with Crippen molar-refractivity contribution in [3.8, 4) is 11.1 Å². The van der Waals surface area contributed by atoms with Crippen LogP contribution in [0.5, 0.6) is 0 Å². The first-order valence-electron chi connectivity index (χ1n) is 11.3. The molecule has 5 aliphatic rings. The molecule has 1 aliphatic heterocycles. The Morgan fingerprint density at radius 1 is 0.879 bits per heavy atom. The van der Waals surface area contributed by atoms with Crippen LogP contribution in [0, 0.1) is 23.7 Å². The molecule has 0 unspecified atom stereocenters. The number of imide groups is 1. The maximum atomic E-state index is 13.1. The Hall–Kier alpha value is -3.74. The number of amides is 4. The number of hydrogen-bond donors (Lipinski definition) is 2. The molecule has 2 N–H and O–H groups in total. The lowest BCUT2D eigenvalue weighted by atomic mass is 9.63. The fourth-order valence-corrected chi connectivity index (χ4v) is 6.01. The highest BCUT2D eigenvalue weighted by Crippen LogP contribution is 2.49. The first-order valence-corrected chi connectivity index (χ1v) is 11.3. The SMILES string of the molecule is C[C@H](NC(=O)Nc1ccc2c(c1)C(=O)c1ccccc1-2)N1C(=O)[C@@H]2[C@H](C1=O)[C@H]1C=C[C@H]2CC1. The van der Waals surface area contributed by atoms with E-state index < -0.39 is 12.2 Å². The number of allylic oxidation sites excluding steroid dienone is 2. The van der Waals surface area contributed by atoms with Gasteiger partial charge < -0.3 is 10.6 Å². The highest BCUT2D eigenvalue weighted by molar-refractivity contribution is 6.22. The zero-order chi connectivity index (χ0) is 22.9. The number of ketones is 1. The van der Waals surface area contributed by atoms with E-state index in [0.29, 0.717) is 16.8 Å². The Labute approximate surface area is 190 Å². The van der Waals surface area contributed by atoms with E-state index in [1.165, 1.54) is 4.90 Å². The molecular formula is C26H23N3O4. The van der Waals surface area contributed by atoms with Crippen molar-refractivity contribution in [2.75, 3.05) is 5.32 Å². The van der Waals surface area contributed by atoms with E-state index in [1.54, 1.807) is 25.1 Å². The zero-order valence-electron chi connectivity index (χ0n) is 18.1. The molecule has 1 saturated carbocycles. The molecule has 5 atom stereocenters. The number of fused-ring (bicyclic) bond motifs is 4. The van der Waals surface area contributed by atoms with Crippen LogP contribution in [0.15, 0.2) is 54.6 Å². The number of urea groups is 1. The van der Waals surface area contributed by atoms with Gasteiger partial charge in [-0.25, -0.2) is 4.79 Å². The zero-order valence-corrected chi connectivity index (χ0v) is 18.1. The van der Waals surface area contributed by atoms with Crippen molar-refractivity contribution >= 4 is 29.3 Å². The van der Waals surface area contributed by atoms with Crippen LogP contribution >= 0.6 is 0 Å². The molecule has 7 rings (SSSR count). The number of nitrogens with one attached hydrogen (secondary N) is 2. The van der Waals surface area contributed by atoms with Crippen LogP contribution in [-0.4, -0.2) is 34.7 Å². The van der Waals surface area contributed by atoms with Crippen molar-refractivity contribution in [1.29, 1.82) is 0 Å². The number of hydrogen-bond acceptors (Lipinski definition) is 4. The first-order chi connectivity index (χ1) is 15.9. The second kappa shape index (κ2) is 7.13. The molecule has 0 radical (unpaired) electrons. The molecule has 0 spiro atoms. The summed E-state index contributed by atoms with van der Waals surface area (Å²) in [4.78, 5) is 52.7. The van der Waals surface area contributed by atoms with Gasteiger partial charge in [-0.05, 0) is 54.9 Å². The quantitative estimate of drug-likeness (QED) is 0.480. The molecular weight excluding hydrogens is 418 g/mol. The van der Waals surface area contributed by atoms with E-state index in [9.17, 15) is 19.2 Å². The van der Waals surface area contributed by atoms with Gasteiger partial charge in [0, 0.05) is 16.8 Å². The predicted molar refractivity (Wildman–Crippen MR) is 121 cm³/mol. The minimum absolute atomic E-state index is 0.0721. The van der Waals surface area contributed by atoms with Gasteiger partial charge in [-0.15, -0.1) is 0 Å². The number of benzene rings is 2. The molecule has 33 heavy (non-hydrogen) atoms. The summed E-state index contributed by atoms with van der Waals surface area (Å²) in [7, 11) is 0. The van der Waals surface area contributed by atoms with E-state index in [1.807, 2.05) is 24.3 Å². The molecule has 2 fully saturated rings.